The fraction of sp³-hybridized carbons (Fsp3) is 0.286. The Morgan fingerprint density at radius 3 is 3.10 bits per heavy atom. The molecular weight excluding hydrogens is 131 g/mol. The minimum absolute atomic E-state index is 0.274. The topological polar surface area (TPSA) is 28.7 Å². The van der Waals surface area contributed by atoms with Crippen LogP contribution in [0, 0.1) is 11.3 Å². The molecule has 0 radical (unpaired) electrons. The number of hydrogen-bond acceptors (Lipinski definition) is 1. The lowest BCUT2D eigenvalue weighted by atomic mass is 10.5. The lowest BCUT2D eigenvalue weighted by Crippen LogP contribution is -1.99. The second kappa shape index (κ2) is 3.02. The molecule has 0 bridgehead atoms. The molecule has 0 amide bonds. The fourth-order valence-corrected chi connectivity index (χ4v) is 0.802. The molecule has 0 N–H and O–H groups in total. The predicted octanol–water partition coefficient (Wildman–Crippen LogP) is 1.33. The summed E-state index contributed by atoms with van der Waals surface area (Å²) < 4.78 is 13.3. The van der Waals surface area contributed by atoms with Crippen molar-refractivity contribution in [1.82, 2.24) is 4.57 Å². The van der Waals surface area contributed by atoms with Crippen LogP contribution >= 0.6 is 0 Å². The number of hydrogen-bond donors (Lipinski definition) is 0. The van der Waals surface area contributed by atoms with Crippen LogP contribution in [0.1, 0.15) is 5.69 Å². The summed E-state index contributed by atoms with van der Waals surface area (Å²) in [6.07, 6.45) is 1.69. The van der Waals surface area contributed by atoms with E-state index in [0.29, 0.717) is 5.69 Å². The van der Waals surface area contributed by atoms with E-state index in [-0.39, 0.29) is 6.54 Å². The summed E-state index contributed by atoms with van der Waals surface area (Å²) in [5.41, 5.74) is 0.512. The first kappa shape index (κ1) is 6.81. The Hall–Kier alpha value is -1.30. The third-order valence-corrected chi connectivity index (χ3v) is 1.27. The summed E-state index contributed by atoms with van der Waals surface area (Å²) in [6.45, 7) is -0.154. The second-order valence-corrected chi connectivity index (χ2v) is 1.89. The highest BCUT2D eigenvalue weighted by molar-refractivity contribution is 5.21. The number of rotatable bonds is 2. The van der Waals surface area contributed by atoms with Gasteiger partial charge in [0, 0.05) is 6.20 Å². The van der Waals surface area contributed by atoms with E-state index in [1.165, 1.54) is 0 Å². The standard InChI is InChI=1S/C7H7FN2/c8-3-5-10-4-1-2-7(10)6-9/h1-2,4H,3,5H2. The van der Waals surface area contributed by atoms with Crippen molar-refractivity contribution >= 4 is 0 Å². The molecule has 1 aromatic rings. The van der Waals surface area contributed by atoms with Crippen LogP contribution in [0.15, 0.2) is 18.3 Å². The largest absolute Gasteiger partial charge is 0.337 e. The maximum Gasteiger partial charge on any atom is 0.120 e. The van der Waals surface area contributed by atoms with Crippen LogP contribution in [-0.4, -0.2) is 11.2 Å². The summed E-state index contributed by atoms with van der Waals surface area (Å²) >= 11 is 0. The molecule has 0 aliphatic rings. The Morgan fingerprint density at radius 2 is 2.50 bits per heavy atom. The number of halogens is 1. The molecule has 1 heterocycles. The van der Waals surface area contributed by atoms with E-state index < -0.39 is 6.67 Å². The van der Waals surface area contributed by atoms with Crippen LogP contribution in [0.4, 0.5) is 4.39 Å². The van der Waals surface area contributed by atoms with Gasteiger partial charge in [-0.25, -0.2) is 4.39 Å². The van der Waals surface area contributed by atoms with Crippen LogP contribution in [-0.2, 0) is 6.54 Å². The molecular formula is C7H7FN2. The molecule has 10 heavy (non-hydrogen) atoms. The molecule has 0 spiro atoms. The minimum atomic E-state index is -0.427. The number of nitrogens with zero attached hydrogens (tertiary/aromatic N) is 2. The van der Waals surface area contributed by atoms with Gasteiger partial charge >= 0.3 is 0 Å². The highest BCUT2D eigenvalue weighted by atomic mass is 19.1. The molecule has 0 aliphatic heterocycles. The van der Waals surface area contributed by atoms with Crippen LogP contribution in [0.5, 0.6) is 0 Å². The van der Waals surface area contributed by atoms with Crippen molar-refractivity contribution in [2.75, 3.05) is 6.67 Å². The van der Waals surface area contributed by atoms with Gasteiger partial charge in [0.25, 0.3) is 0 Å². The highest BCUT2D eigenvalue weighted by Gasteiger charge is 1.96. The smallest absolute Gasteiger partial charge is 0.120 e. The first-order valence-corrected chi connectivity index (χ1v) is 2.99. The zero-order chi connectivity index (χ0) is 7.40. The first-order chi connectivity index (χ1) is 4.88. The third kappa shape index (κ3) is 1.16. The second-order valence-electron chi connectivity index (χ2n) is 1.89. The average molecular weight is 138 g/mol. The van der Waals surface area contributed by atoms with E-state index in [4.69, 9.17) is 5.26 Å². The predicted molar refractivity (Wildman–Crippen MR) is 35.1 cm³/mol. The molecule has 0 unspecified atom stereocenters. The Morgan fingerprint density at radius 1 is 1.70 bits per heavy atom. The SMILES string of the molecule is N#Cc1cccn1CCF. The van der Waals surface area contributed by atoms with Crippen molar-refractivity contribution in [3.05, 3.63) is 24.0 Å². The van der Waals surface area contributed by atoms with Crippen LogP contribution in [0.25, 0.3) is 0 Å². The zero-order valence-electron chi connectivity index (χ0n) is 5.42. The van der Waals surface area contributed by atoms with Gasteiger partial charge in [-0.1, -0.05) is 0 Å². The van der Waals surface area contributed by atoms with Crippen LogP contribution in [0.3, 0.4) is 0 Å². The van der Waals surface area contributed by atoms with Crippen molar-refractivity contribution in [2.45, 2.75) is 6.54 Å². The average Bonchev–Trinajstić information content (AvgIpc) is 2.36. The lowest BCUT2D eigenvalue weighted by molar-refractivity contribution is 0.445. The van der Waals surface area contributed by atoms with Gasteiger partial charge in [0.2, 0.25) is 0 Å². The molecule has 0 saturated carbocycles. The van der Waals surface area contributed by atoms with Gasteiger partial charge in [-0.2, -0.15) is 5.26 Å². The summed E-state index contributed by atoms with van der Waals surface area (Å²) in [5.74, 6) is 0. The van der Waals surface area contributed by atoms with E-state index in [1.54, 1.807) is 22.9 Å². The van der Waals surface area contributed by atoms with Crippen molar-refractivity contribution in [2.24, 2.45) is 0 Å². The maximum atomic E-state index is 11.7. The van der Waals surface area contributed by atoms with Crippen molar-refractivity contribution < 1.29 is 4.39 Å². The van der Waals surface area contributed by atoms with Gasteiger partial charge in [-0.05, 0) is 12.1 Å². The molecule has 0 fully saturated rings. The number of aryl methyl sites for hydroxylation is 1. The van der Waals surface area contributed by atoms with E-state index in [0.717, 1.165) is 0 Å². The monoisotopic (exact) mass is 138 g/mol. The molecule has 0 saturated heterocycles. The van der Waals surface area contributed by atoms with Gasteiger partial charge in [0.15, 0.2) is 0 Å². The van der Waals surface area contributed by atoms with Gasteiger partial charge < -0.3 is 4.57 Å². The normalized spacial score (nSPS) is 9.20. The van der Waals surface area contributed by atoms with Gasteiger partial charge in [-0.15, -0.1) is 0 Å². The molecule has 2 nitrogen and oxygen atoms in total. The number of aromatic nitrogens is 1. The first-order valence-electron chi connectivity index (χ1n) is 2.99. The molecule has 0 aliphatic carbocycles. The molecule has 0 aromatic carbocycles. The Kier molecular flexibility index (Phi) is 2.06. The van der Waals surface area contributed by atoms with E-state index in [2.05, 4.69) is 0 Å². The van der Waals surface area contributed by atoms with Crippen molar-refractivity contribution in [1.29, 1.82) is 5.26 Å². The molecule has 1 rings (SSSR count). The molecule has 52 valence electrons. The Bertz CT molecular complexity index is 246. The number of nitriles is 1. The molecule has 1 aromatic heterocycles. The van der Waals surface area contributed by atoms with Gasteiger partial charge in [0.1, 0.15) is 18.4 Å². The summed E-state index contributed by atoms with van der Waals surface area (Å²) in [5, 5.41) is 8.44. The van der Waals surface area contributed by atoms with Gasteiger partial charge in [-0.3, -0.25) is 0 Å². The fourth-order valence-electron chi connectivity index (χ4n) is 0.802. The van der Waals surface area contributed by atoms with E-state index in [9.17, 15) is 4.39 Å². The molecule has 3 heteroatoms. The van der Waals surface area contributed by atoms with Crippen LogP contribution < -0.4 is 0 Å². The Labute approximate surface area is 58.5 Å². The van der Waals surface area contributed by atoms with Gasteiger partial charge in [0.05, 0.1) is 6.54 Å². The minimum Gasteiger partial charge on any atom is -0.337 e. The zero-order valence-corrected chi connectivity index (χ0v) is 5.42. The third-order valence-electron chi connectivity index (χ3n) is 1.27. The van der Waals surface area contributed by atoms with Crippen molar-refractivity contribution in [3.63, 3.8) is 0 Å². The highest BCUT2D eigenvalue weighted by Crippen LogP contribution is 1.99. The Balaban J connectivity index is 2.82. The summed E-state index contributed by atoms with van der Waals surface area (Å²) in [6, 6.07) is 5.35. The summed E-state index contributed by atoms with van der Waals surface area (Å²) in [7, 11) is 0. The lowest BCUT2D eigenvalue weighted by Gasteiger charge is -1.97. The maximum absolute atomic E-state index is 11.7. The van der Waals surface area contributed by atoms with E-state index >= 15 is 0 Å². The summed E-state index contributed by atoms with van der Waals surface area (Å²) in [4.78, 5) is 0. The molecule has 0 atom stereocenters. The van der Waals surface area contributed by atoms with E-state index in [1.807, 2.05) is 6.07 Å². The van der Waals surface area contributed by atoms with Crippen LogP contribution in [0.2, 0.25) is 0 Å². The number of alkyl halides is 1. The van der Waals surface area contributed by atoms with Crippen molar-refractivity contribution in [3.8, 4) is 6.07 Å². The quantitative estimate of drug-likeness (QED) is 0.606.